The molecule has 0 fully saturated rings. The molecule has 0 saturated carbocycles. The molecular weight excluding hydrogens is 302 g/mol. The summed E-state index contributed by atoms with van der Waals surface area (Å²) < 4.78 is 5.29. The van der Waals surface area contributed by atoms with Crippen molar-refractivity contribution in [2.24, 2.45) is 0 Å². The fraction of sp³-hybridized carbons (Fsp3) is 0.294. The van der Waals surface area contributed by atoms with Crippen LogP contribution in [-0.2, 0) is 5.75 Å². The van der Waals surface area contributed by atoms with E-state index in [0.717, 1.165) is 22.3 Å². The topological polar surface area (TPSA) is 21.3 Å². The van der Waals surface area contributed by atoms with Gasteiger partial charge in [-0.25, -0.2) is 0 Å². The van der Waals surface area contributed by atoms with E-state index in [0.29, 0.717) is 6.04 Å². The Bertz CT molecular complexity index is 576. The molecule has 0 bridgehead atoms. The zero-order chi connectivity index (χ0) is 15.1. The summed E-state index contributed by atoms with van der Waals surface area (Å²) in [5.41, 5.74) is 2.42. The van der Waals surface area contributed by atoms with E-state index in [1.54, 1.807) is 7.11 Å². The van der Waals surface area contributed by atoms with Crippen LogP contribution in [-0.4, -0.2) is 19.9 Å². The third-order valence-electron chi connectivity index (χ3n) is 3.34. The minimum atomic E-state index is 0.299. The largest absolute Gasteiger partial charge is 0.497 e. The minimum Gasteiger partial charge on any atom is -0.497 e. The predicted molar refractivity (Wildman–Crippen MR) is 92.4 cm³/mol. The van der Waals surface area contributed by atoms with Crippen molar-refractivity contribution in [3.63, 3.8) is 0 Å². The summed E-state index contributed by atoms with van der Waals surface area (Å²) in [7, 11) is 3.68. The van der Waals surface area contributed by atoms with Crippen molar-refractivity contribution in [3.05, 3.63) is 64.7 Å². The standard InChI is InChI=1S/C17H20ClNOS/c1-19-17(13-7-5-8-15(10-13)20-2)12-21-11-14-6-3-4-9-16(14)18/h3-10,17,19H,11-12H2,1-2H3. The van der Waals surface area contributed by atoms with Crippen LogP contribution in [0.1, 0.15) is 17.2 Å². The lowest BCUT2D eigenvalue weighted by atomic mass is 10.1. The van der Waals surface area contributed by atoms with Gasteiger partial charge in [-0.2, -0.15) is 11.8 Å². The normalized spacial score (nSPS) is 12.1. The van der Waals surface area contributed by atoms with E-state index in [1.165, 1.54) is 11.1 Å². The molecule has 0 aliphatic rings. The van der Waals surface area contributed by atoms with E-state index in [1.807, 2.05) is 49.1 Å². The third-order valence-corrected chi connectivity index (χ3v) is 4.80. The van der Waals surface area contributed by atoms with Gasteiger partial charge in [0, 0.05) is 22.6 Å². The molecule has 1 N–H and O–H groups in total. The fourth-order valence-corrected chi connectivity index (χ4v) is 3.57. The van der Waals surface area contributed by atoms with Crippen LogP contribution in [0, 0.1) is 0 Å². The van der Waals surface area contributed by atoms with Gasteiger partial charge in [0.15, 0.2) is 0 Å². The number of rotatable bonds is 7. The molecule has 4 heteroatoms. The van der Waals surface area contributed by atoms with Gasteiger partial charge in [-0.3, -0.25) is 0 Å². The summed E-state index contributed by atoms with van der Waals surface area (Å²) in [6.07, 6.45) is 0. The predicted octanol–water partition coefficient (Wildman–Crippen LogP) is 4.54. The second-order valence-electron chi connectivity index (χ2n) is 4.72. The molecule has 0 radical (unpaired) electrons. The van der Waals surface area contributed by atoms with Crippen LogP contribution in [0.4, 0.5) is 0 Å². The molecule has 2 aromatic rings. The fourth-order valence-electron chi connectivity index (χ4n) is 2.11. The molecule has 0 aliphatic heterocycles. The van der Waals surface area contributed by atoms with E-state index in [-0.39, 0.29) is 0 Å². The van der Waals surface area contributed by atoms with Gasteiger partial charge >= 0.3 is 0 Å². The van der Waals surface area contributed by atoms with Gasteiger partial charge in [0.05, 0.1) is 7.11 Å². The molecule has 0 aliphatic carbocycles. The number of thioether (sulfide) groups is 1. The maximum Gasteiger partial charge on any atom is 0.119 e. The van der Waals surface area contributed by atoms with Gasteiger partial charge in [-0.1, -0.05) is 41.9 Å². The van der Waals surface area contributed by atoms with Gasteiger partial charge in [0.25, 0.3) is 0 Å². The SMILES string of the molecule is CNC(CSCc1ccccc1Cl)c1cccc(OC)c1. The van der Waals surface area contributed by atoms with Gasteiger partial charge < -0.3 is 10.1 Å². The average Bonchev–Trinajstić information content (AvgIpc) is 2.53. The van der Waals surface area contributed by atoms with Crippen molar-refractivity contribution in [2.75, 3.05) is 19.9 Å². The van der Waals surface area contributed by atoms with Crippen molar-refractivity contribution in [1.29, 1.82) is 0 Å². The summed E-state index contributed by atoms with van der Waals surface area (Å²) in [4.78, 5) is 0. The minimum absolute atomic E-state index is 0.299. The molecule has 2 rings (SSSR count). The molecule has 0 saturated heterocycles. The van der Waals surface area contributed by atoms with E-state index >= 15 is 0 Å². The first-order valence-electron chi connectivity index (χ1n) is 6.87. The zero-order valence-corrected chi connectivity index (χ0v) is 13.9. The van der Waals surface area contributed by atoms with Crippen molar-refractivity contribution in [3.8, 4) is 5.75 Å². The lowest BCUT2D eigenvalue weighted by Gasteiger charge is -2.17. The number of hydrogen-bond donors (Lipinski definition) is 1. The van der Waals surface area contributed by atoms with E-state index < -0.39 is 0 Å². The van der Waals surface area contributed by atoms with Crippen LogP contribution in [0.15, 0.2) is 48.5 Å². The Balaban J connectivity index is 1.95. The van der Waals surface area contributed by atoms with Crippen LogP contribution in [0.3, 0.4) is 0 Å². The molecule has 0 spiro atoms. The molecule has 21 heavy (non-hydrogen) atoms. The Morgan fingerprint density at radius 1 is 1.19 bits per heavy atom. The maximum absolute atomic E-state index is 6.18. The first kappa shape index (κ1) is 16.2. The lowest BCUT2D eigenvalue weighted by molar-refractivity contribution is 0.413. The average molecular weight is 322 g/mol. The highest BCUT2D eigenvalue weighted by molar-refractivity contribution is 7.98. The van der Waals surface area contributed by atoms with Gasteiger partial charge in [-0.05, 0) is 36.4 Å². The van der Waals surface area contributed by atoms with Crippen LogP contribution in [0.2, 0.25) is 5.02 Å². The highest BCUT2D eigenvalue weighted by Gasteiger charge is 2.10. The lowest BCUT2D eigenvalue weighted by Crippen LogP contribution is -2.18. The Hall–Kier alpha value is -1.16. The molecule has 2 nitrogen and oxygen atoms in total. The summed E-state index contributed by atoms with van der Waals surface area (Å²) in [6, 6.07) is 16.5. The second-order valence-corrected chi connectivity index (χ2v) is 6.16. The zero-order valence-electron chi connectivity index (χ0n) is 12.3. The van der Waals surface area contributed by atoms with E-state index in [4.69, 9.17) is 16.3 Å². The number of hydrogen-bond acceptors (Lipinski definition) is 3. The van der Waals surface area contributed by atoms with Crippen LogP contribution in [0.5, 0.6) is 5.75 Å². The molecule has 0 amide bonds. The first-order chi connectivity index (χ1) is 10.2. The Labute approximate surface area is 135 Å². The number of methoxy groups -OCH3 is 1. The highest BCUT2D eigenvalue weighted by atomic mass is 35.5. The first-order valence-corrected chi connectivity index (χ1v) is 8.40. The summed E-state index contributed by atoms with van der Waals surface area (Å²) in [5.74, 6) is 2.79. The smallest absolute Gasteiger partial charge is 0.119 e. The number of benzene rings is 2. The van der Waals surface area contributed by atoms with Crippen LogP contribution >= 0.6 is 23.4 Å². The molecule has 0 heterocycles. The Kier molecular flexibility index (Phi) is 6.43. The summed E-state index contributed by atoms with van der Waals surface area (Å²) >= 11 is 8.06. The molecule has 1 atom stereocenters. The van der Waals surface area contributed by atoms with E-state index in [2.05, 4.69) is 23.5 Å². The van der Waals surface area contributed by atoms with Crippen LogP contribution in [0.25, 0.3) is 0 Å². The molecule has 2 aromatic carbocycles. The van der Waals surface area contributed by atoms with Gasteiger partial charge in [0.2, 0.25) is 0 Å². The quantitative estimate of drug-likeness (QED) is 0.808. The summed E-state index contributed by atoms with van der Waals surface area (Å²) in [5, 5.41) is 4.20. The Morgan fingerprint density at radius 2 is 2.00 bits per heavy atom. The van der Waals surface area contributed by atoms with Gasteiger partial charge in [-0.15, -0.1) is 0 Å². The number of nitrogens with one attached hydrogen (secondary N) is 1. The van der Waals surface area contributed by atoms with Crippen molar-refractivity contribution in [2.45, 2.75) is 11.8 Å². The molecule has 0 aromatic heterocycles. The number of ether oxygens (including phenoxy) is 1. The highest BCUT2D eigenvalue weighted by Crippen LogP contribution is 2.26. The van der Waals surface area contributed by atoms with Crippen LogP contribution < -0.4 is 10.1 Å². The molecule has 112 valence electrons. The van der Waals surface area contributed by atoms with Crippen molar-refractivity contribution < 1.29 is 4.74 Å². The third kappa shape index (κ3) is 4.67. The summed E-state index contributed by atoms with van der Waals surface area (Å²) in [6.45, 7) is 0. The van der Waals surface area contributed by atoms with Gasteiger partial charge in [0.1, 0.15) is 5.75 Å². The van der Waals surface area contributed by atoms with Crippen molar-refractivity contribution in [1.82, 2.24) is 5.32 Å². The maximum atomic E-state index is 6.18. The molecule has 1 unspecified atom stereocenters. The Morgan fingerprint density at radius 3 is 2.71 bits per heavy atom. The monoisotopic (exact) mass is 321 g/mol. The second kappa shape index (κ2) is 8.32. The number of halogens is 1. The molecular formula is C17H20ClNOS. The van der Waals surface area contributed by atoms with Crippen molar-refractivity contribution >= 4 is 23.4 Å². The van der Waals surface area contributed by atoms with E-state index in [9.17, 15) is 0 Å².